The van der Waals surface area contributed by atoms with E-state index in [0.717, 1.165) is 15.9 Å². The molecule has 96 valence electrons. The Morgan fingerprint density at radius 3 is 2.63 bits per heavy atom. The molecule has 3 rings (SSSR count). The van der Waals surface area contributed by atoms with Crippen molar-refractivity contribution in [3.63, 3.8) is 0 Å². The first kappa shape index (κ1) is 11.8. The molecule has 2 heterocycles. The van der Waals surface area contributed by atoms with Crippen molar-refractivity contribution < 1.29 is 0 Å². The molecule has 0 saturated heterocycles. The number of hydrogen-bond donors (Lipinski definition) is 2. The predicted molar refractivity (Wildman–Crippen MR) is 73.6 cm³/mol. The van der Waals surface area contributed by atoms with Gasteiger partial charge in [0.15, 0.2) is 0 Å². The number of hydrogen-bond acceptors (Lipinski definition) is 5. The normalized spacial score (nSPS) is 10.8. The van der Waals surface area contributed by atoms with Crippen LogP contribution in [0.15, 0.2) is 28.7 Å². The Bertz CT molecular complexity index is 699. The van der Waals surface area contributed by atoms with E-state index in [1.807, 2.05) is 31.2 Å². The monoisotopic (exact) mass is 319 g/mol. The maximum atomic E-state index is 6.13. The van der Waals surface area contributed by atoms with E-state index in [2.05, 4.69) is 41.7 Å². The lowest BCUT2D eigenvalue weighted by Gasteiger charge is -2.04. The molecule has 8 heteroatoms. The van der Waals surface area contributed by atoms with E-state index in [-0.39, 0.29) is 0 Å². The highest BCUT2D eigenvalue weighted by molar-refractivity contribution is 9.10. The number of H-pyrrole nitrogens is 1. The summed E-state index contributed by atoms with van der Waals surface area (Å²) in [7, 11) is 0. The van der Waals surface area contributed by atoms with Crippen molar-refractivity contribution in [3.8, 4) is 17.1 Å². The molecule has 0 fully saturated rings. The van der Waals surface area contributed by atoms with E-state index in [9.17, 15) is 0 Å². The second-order valence-electron chi connectivity index (χ2n) is 3.97. The van der Waals surface area contributed by atoms with Gasteiger partial charge in [0, 0.05) is 4.47 Å². The smallest absolute Gasteiger partial charge is 0.210 e. The van der Waals surface area contributed by atoms with Gasteiger partial charge in [-0.25, -0.2) is 4.68 Å². The molecule has 19 heavy (non-hydrogen) atoms. The predicted octanol–water partition coefficient (Wildman–Crippen LogP) is 1.71. The molecule has 0 spiro atoms. The molecule has 0 aliphatic heterocycles. The fraction of sp³-hybridized carbons (Fsp3) is 0.0909. The topological polar surface area (TPSA) is 98.3 Å². The van der Waals surface area contributed by atoms with Crippen LogP contribution in [0, 0.1) is 6.92 Å². The number of tetrazole rings is 1. The van der Waals surface area contributed by atoms with Crippen LogP contribution in [0.4, 0.5) is 5.82 Å². The van der Waals surface area contributed by atoms with Crippen molar-refractivity contribution in [1.29, 1.82) is 0 Å². The Labute approximate surface area is 116 Å². The van der Waals surface area contributed by atoms with Crippen molar-refractivity contribution in [2.75, 3.05) is 5.73 Å². The zero-order valence-corrected chi connectivity index (χ0v) is 11.6. The molecule has 0 atom stereocenters. The summed E-state index contributed by atoms with van der Waals surface area (Å²) in [6, 6.07) is 7.71. The summed E-state index contributed by atoms with van der Waals surface area (Å²) >= 11 is 3.39. The average molecular weight is 320 g/mol. The standard InChI is InChI=1S/C11H10BrN7/c1-6-9(11-14-17-18-15-11)10(13)19(16-6)8-4-2-7(12)3-5-8/h2-5H,13H2,1H3,(H,14,15,17,18). The Hall–Kier alpha value is -2.22. The van der Waals surface area contributed by atoms with Crippen molar-refractivity contribution in [3.05, 3.63) is 34.4 Å². The van der Waals surface area contributed by atoms with Crippen LogP contribution in [0.3, 0.4) is 0 Å². The van der Waals surface area contributed by atoms with Crippen molar-refractivity contribution >= 4 is 21.7 Å². The Balaban J connectivity index is 2.14. The van der Waals surface area contributed by atoms with E-state index in [1.54, 1.807) is 4.68 Å². The minimum atomic E-state index is 0.443. The van der Waals surface area contributed by atoms with Gasteiger partial charge in [-0.05, 0) is 36.4 Å². The van der Waals surface area contributed by atoms with E-state index in [4.69, 9.17) is 5.73 Å². The third-order valence-electron chi connectivity index (χ3n) is 2.74. The second-order valence-corrected chi connectivity index (χ2v) is 4.88. The Morgan fingerprint density at radius 2 is 2.00 bits per heavy atom. The number of benzene rings is 1. The number of anilines is 1. The third-order valence-corrected chi connectivity index (χ3v) is 3.26. The van der Waals surface area contributed by atoms with Gasteiger partial charge in [-0.2, -0.15) is 10.3 Å². The molecule has 0 aliphatic rings. The number of halogens is 1. The van der Waals surface area contributed by atoms with Crippen molar-refractivity contribution in [1.82, 2.24) is 30.4 Å². The molecule has 0 bridgehead atoms. The largest absolute Gasteiger partial charge is 0.383 e. The van der Waals surface area contributed by atoms with Crippen LogP contribution in [0.1, 0.15) is 5.69 Å². The van der Waals surface area contributed by atoms with Gasteiger partial charge in [-0.15, -0.1) is 10.2 Å². The van der Waals surface area contributed by atoms with Gasteiger partial charge in [0.25, 0.3) is 0 Å². The average Bonchev–Trinajstić information content (AvgIpc) is 2.99. The molecule has 2 aromatic heterocycles. The summed E-state index contributed by atoms with van der Waals surface area (Å²) in [5, 5.41) is 18.3. The minimum absolute atomic E-state index is 0.443. The second kappa shape index (κ2) is 4.47. The lowest BCUT2D eigenvalue weighted by atomic mass is 10.2. The summed E-state index contributed by atoms with van der Waals surface area (Å²) < 4.78 is 2.66. The summed E-state index contributed by atoms with van der Waals surface area (Å²) in [5.41, 5.74) is 8.45. The van der Waals surface area contributed by atoms with Crippen LogP contribution >= 0.6 is 15.9 Å². The molecular weight excluding hydrogens is 310 g/mol. The number of nitrogens with two attached hydrogens (primary N) is 1. The third kappa shape index (κ3) is 1.99. The van der Waals surface area contributed by atoms with Gasteiger partial charge in [0.1, 0.15) is 5.82 Å². The number of aromatic amines is 1. The van der Waals surface area contributed by atoms with Crippen molar-refractivity contribution in [2.45, 2.75) is 6.92 Å². The Morgan fingerprint density at radius 1 is 1.26 bits per heavy atom. The molecule has 1 aromatic carbocycles. The quantitative estimate of drug-likeness (QED) is 0.749. The fourth-order valence-electron chi connectivity index (χ4n) is 1.87. The highest BCUT2D eigenvalue weighted by Crippen LogP contribution is 2.28. The van der Waals surface area contributed by atoms with E-state index in [1.165, 1.54) is 0 Å². The summed E-state index contributed by atoms with van der Waals surface area (Å²) in [6.07, 6.45) is 0. The van der Waals surface area contributed by atoms with Gasteiger partial charge >= 0.3 is 0 Å². The maximum absolute atomic E-state index is 6.13. The number of aryl methyl sites for hydroxylation is 1. The first-order valence-electron chi connectivity index (χ1n) is 5.51. The van der Waals surface area contributed by atoms with Gasteiger partial charge in [0.05, 0.1) is 16.9 Å². The molecule has 3 aromatic rings. The molecule has 0 amide bonds. The van der Waals surface area contributed by atoms with Gasteiger partial charge < -0.3 is 5.73 Å². The number of nitrogens with zero attached hydrogens (tertiary/aromatic N) is 5. The van der Waals surface area contributed by atoms with E-state index in [0.29, 0.717) is 17.2 Å². The van der Waals surface area contributed by atoms with Crippen LogP contribution < -0.4 is 5.73 Å². The molecule has 3 N–H and O–H groups in total. The summed E-state index contributed by atoms with van der Waals surface area (Å²) in [6.45, 7) is 1.86. The van der Waals surface area contributed by atoms with Crippen LogP contribution in [-0.4, -0.2) is 30.4 Å². The van der Waals surface area contributed by atoms with Crippen LogP contribution in [0.25, 0.3) is 17.1 Å². The number of nitrogens with one attached hydrogen (secondary N) is 1. The highest BCUT2D eigenvalue weighted by atomic mass is 79.9. The van der Waals surface area contributed by atoms with Crippen LogP contribution in [0.2, 0.25) is 0 Å². The maximum Gasteiger partial charge on any atom is 0.210 e. The first-order valence-corrected chi connectivity index (χ1v) is 6.31. The van der Waals surface area contributed by atoms with Crippen LogP contribution in [-0.2, 0) is 0 Å². The molecule has 0 unspecified atom stereocenters. The molecular formula is C11H10BrN7. The minimum Gasteiger partial charge on any atom is -0.383 e. The van der Waals surface area contributed by atoms with E-state index >= 15 is 0 Å². The van der Waals surface area contributed by atoms with Gasteiger partial charge in [-0.1, -0.05) is 15.9 Å². The molecule has 0 radical (unpaired) electrons. The highest BCUT2D eigenvalue weighted by Gasteiger charge is 2.18. The fourth-order valence-corrected chi connectivity index (χ4v) is 2.13. The SMILES string of the molecule is Cc1nn(-c2ccc(Br)cc2)c(N)c1-c1nn[nH]n1. The summed E-state index contributed by atoms with van der Waals surface area (Å²) in [4.78, 5) is 0. The Kier molecular flexibility index (Phi) is 2.79. The lowest BCUT2D eigenvalue weighted by molar-refractivity contribution is 0.872. The van der Waals surface area contributed by atoms with E-state index < -0.39 is 0 Å². The number of nitrogen functional groups attached to an aromatic ring is 1. The molecule has 0 aliphatic carbocycles. The van der Waals surface area contributed by atoms with Gasteiger partial charge in [0.2, 0.25) is 5.82 Å². The number of aromatic nitrogens is 6. The van der Waals surface area contributed by atoms with Crippen LogP contribution in [0.5, 0.6) is 0 Å². The summed E-state index contributed by atoms with van der Waals surface area (Å²) in [5.74, 6) is 0.930. The number of rotatable bonds is 2. The first-order chi connectivity index (χ1) is 9.16. The van der Waals surface area contributed by atoms with Gasteiger partial charge in [-0.3, -0.25) is 0 Å². The molecule has 0 saturated carbocycles. The zero-order chi connectivity index (χ0) is 13.4. The molecule has 7 nitrogen and oxygen atoms in total. The zero-order valence-electron chi connectivity index (χ0n) is 10.0. The lowest BCUT2D eigenvalue weighted by Crippen LogP contribution is -2.02. The van der Waals surface area contributed by atoms with Crippen molar-refractivity contribution in [2.24, 2.45) is 0 Å².